The summed E-state index contributed by atoms with van der Waals surface area (Å²) in [6, 6.07) is 12.7. The van der Waals surface area contributed by atoms with Gasteiger partial charge in [0, 0.05) is 41.7 Å². The van der Waals surface area contributed by atoms with Crippen molar-refractivity contribution in [3.63, 3.8) is 0 Å². The number of nitrogens with one attached hydrogen (secondary N) is 2. The molecule has 0 atom stereocenters. The van der Waals surface area contributed by atoms with Crippen LogP contribution in [0, 0.1) is 5.82 Å². The van der Waals surface area contributed by atoms with Crippen molar-refractivity contribution in [1.29, 1.82) is 0 Å². The van der Waals surface area contributed by atoms with E-state index in [1.165, 1.54) is 24.4 Å². The molecule has 0 aliphatic heterocycles. The Bertz CT molecular complexity index is 1520. The number of anilines is 4. The molecule has 0 aliphatic rings. The van der Waals surface area contributed by atoms with E-state index in [1.807, 2.05) is 0 Å². The van der Waals surface area contributed by atoms with E-state index in [1.54, 1.807) is 48.9 Å². The average Bonchev–Trinajstić information content (AvgIpc) is 3.17. The lowest BCUT2D eigenvalue weighted by Gasteiger charge is -2.07. The topological polar surface area (TPSA) is 119 Å². The molecule has 4 heterocycles. The number of amides is 1. The van der Waals surface area contributed by atoms with E-state index in [-0.39, 0.29) is 22.5 Å². The Morgan fingerprint density at radius 2 is 1.76 bits per heavy atom. The highest BCUT2D eigenvalue weighted by atomic mass is 35.5. The van der Waals surface area contributed by atoms with Crippen LogP contribution in [0.5, 0.6) is 0 Å². The fourth-order valence-electron chi connectivity index (χ4n) is 3.43. The molecule has 1 amide bonds. The van der Waals surface area contributed by atoms with Crippen LogP contribution >= 0.6 is 11.6 Å². The summed E-state index contributed by atoms with van der Waals surface area (Å²) in [5.41, 5.74) is 9.48. The summed E-state index contributed by atoms with van der Waals surface area (Å²) in [5.74, 6) is -0.783. The molecule has 8 nitrogen and oxygen atoms in total. The smallest absolute Gasteiger partial charge is 0.274 e. The third-order valence-corrected chi connectivity index (χ3v) is 5.32. The normalized spacial score (nSPS) is 10.9. The molecule has 10 heteroatoms. The third kappa shape index (κ3) is 4.12. The predicted octanol–water partition coefficient (Wildman–Crippen LogP) is 5.66. The van der Waals surface area contributed by atoms with Crippen molar-refractivity contribution >= 4 is 51.4 Å². The first-order valence-corrected chi connectivity index (χ1v) is 10.4. The summed E-state index contributed by atoms with van der Waals surface area (Å²) < 4.78 is 19.3. The van der Waals surface area contributed by atoms with E-state index in [0.29, 0.717) is 39.3 Å². The van der Waals surface area contributed by atoms with Crippen LogP contribution in [0.1, 0.15) is 10.5 Å². The molecule has 5 aromatic rings. The quantitative estimate of drug-likeness (QED) is 0.301. The number of pyridine rings is 3. The lowest BCUT2D eigenvalue weighted by atomic mass is 10.1. The van der Waals surface area contributed by atoms with Gasteiger partial charge in [-0.05, 0) is 48.5 Å². The van der Waals surface area contributed by atoms with Gasteiger partial charge in [-0.2, -0.15) is 0 Å². The maximum absolute atomic E-state index is 13.5. The minimum atomic E-state index is -0.523. The van der Waals surface area contributed by atoms with E-state index in [9.17, 15) is 9.18 Å². The SMILES string of the molecule is Nc1oc2c(-c3ccnc(C(=O)Nc4ccncc4)c3)nccc2c1Nc1ccc(F)c(Cl)c1. The number of fused-ring (bicyclic) bond motifs is 1. The van der Waals surface area contributed by atoms with Crippen molar-refractivity contribution in [3.8, 4) is 11.3 Å². The van der Waals surface area contributed by atoms with Crippen LogP contribution in [0.4, 0.5) is 27.3 Å². The second-order valence-electron chi connectivity index (χ2n) is 7.25. The van der Waals surface area contributed by atoms with Gasteiger partial charge in [-0.15, -0.1) is 0 Å². The molecule has 0 radical (unpaired) electrons. The van der Waals surface area contributed by atoms with Gasteiger partial charge in [0.2, 0.25) is 5.88 Å². The summed E-state index contributed by atoms with van der Waals surface area (Å²) in [6.45, 7) is 0. The van der Waals surface area contributed by atoms with Crippen molar-refractivity contribution in [2.75, 3.05) is 16.4 Å². The Balaban J connectivity index is 1.50. The van der Waals surface area contributed by atoms with Gasteiger partial charge in [0.05, 0.1) is 10.4 Å². The van der Waals surface area contributed by atoms with Crippen molar-refractivity contribution in [2.45, 2.75) is 0 Å². The number of rotatable bonds is 5. The number of carbonyl (C=O) groups excluding carboxylic acids is 1. The van der Waals surface area contributed by atoms with E-state index < -0.39 is 5.82 Å². The number of hydrogen-bond acceptors (Lipinski definition) is 7. The monoisotopic (exact) mass is 474 g/mol. The number of nitrogens with zero attached hydrogens (tertiary/aromatic N) is 3. The lowest BCUT2D eigenvalue weighted by molar-refractivity contribution is 0.102. The first kappa shape index (κ1) is 21.4. The first-order valence-electron chi connectivity index (χ1n) is 10.1. The minimum Gasteiger partial charge on any atom is -0.436 e. The van der Waals surface area contributed by atoms with Gasteiger partial charge in [0.25, 0.3) is 5.91 Å². The van der Waals surface area contributed by atoms with Gasteiger partial charge in [-0.3, -0.25) is 19.7 Å². The van der Waals surface area contributed by atoms with Crippen molar-refractivity contribution in [2.24, 2.45) is 0 Å². The molecule has 0 fully saturated rings. The van der Waals surface area contributed by atoms with Crippen molar-refractivity contribution in [1.82, 2.24) is 15.0 Å². The molecule has 0 bridgehead atoms. The molecule has 0 saturated carbocycles. The van der Waals surface area contributed by atoms with Crippen LogP contribution in [0.2, 0.25) is 5.02 Å². The van der Waals surface area contributed by atoms with Gasteiger partial charge in [0.1, 0.15) is 22.9 Å². The Labute approximate surface area is 197 Å². The number of nitrogen functional groups attached to an aromatic ring is 1. The molecule has 1 aromatic carbocycles. The van der Waals surface area contributed by atoms with Crippen molar-refractivity contribution in [3.05, 3.63) is 89.9 Å². The van der Waals surface area contributed by atoms with E-state index >= 15 is 0 Å². The molecule has 4 aromatic heterocycles. The molecule has 168 valence electrons. The molecule has 0 saturated heterocycles. The zero-order valence-electron chi connectivity index (χ0n) is 17.4. The summed E-state index contributed by atoms with van der Waals surface area (Å²) in [6.07, 6.45) is 6.28. The number of hydrogen-bond donors (Lipinski definition) is 3. The number of halogens is 2. The van der Waals surface area contributed by atoms with Crippen LogP contribution in [0.25, 0.3) is 22.2 Å². The van der Waals surface area contributed by atoms with Crippen LogP contribution in [-0.4, -0.2) is 20.9 Å². The Morgan fingerprint density at radius 3 is 2.56 bits per heavy atom. The second kappa shape index (κ2) is 8.80. The molecule has 0 spiro atoms. The summed E-state index contributed by atoms with van der Waals surface area (Å²) in [5, 5.41) is 6.52. The molecule has 5 rings (SSSR count). The Morgan fingerprint density at radius 1 is 0.971 bits per heavy atom. The van der Waals surface area contributed by atoms with Crippen LogP contribution in [-0.2, 0) is 0 Å². The standard InChI is InChI=1S/C24H16ClFN6O2/c25-17-12-15(1-2-18(17)26)31-21-16-6-10-30-20(22(16)34-23(21)27)13-3-9-29-19(11-13)24(33)32-14-4-7-28-8-5-14/h1-12,31H,27H2,(H,28,32,33). The summed E-state index contributed by atoms with van der Waals surface area (Å²) in [4.78, 5) is 25.2. The molecular formula is C24H16ClFN6O2. The Kier molecular flexibility index (Phi) is 5.52. The number of aromatic nitrogens is 3. The second-order valence-corrected chi connectivity index (χ2v) is 7.66. The number of benzene rings is 1. The van der Waals surface area contributed by atoms with Gasteiger partial charge in [-0.25, -0.2) is 4.39 Å². The minimum absolute atomic E-state index is 0.0203. The molecule has 4 N–H and O–H groups in total. The largest absolute Gasteiger partial charge is 0.436 e. The van der Waals surface area contributed by atoms with Crippen LogP contribution in [0.15, 0.2) is 77.7 Å². The summed E-state index contributed by atoms with van der Waals surface area (Å²) >= 11 is 5.89. The number of nitrogens with two attached hydrogens (primary N) is 1. The van der Waals surface area contributed by atoms with Crippen LogP contribution in [0.3, 0.4) is 0 Å². The highest BCUT2D eigenvalue weighted by Crippen LogP contribution is 2.39. The van der Waals surface area contributed by atoms with Gasteiger partial charge < -0.3 is 20.8 Å². The molecule has 0 aliphatic carbocycles. The fraction of sp³-hybridized carbons (Fsp3) is 0. The van der Waals surface area contributed by atoms with E-state index in [2.05, 4.69) is 25.6 Å². The van der Waals surface area contributed by atoms with Gasteiger partial charge >= 0.3 is 0 Å². The van der Waals surface area contributed by atoms with E-state index in [0.717, 1.165) is 0 Å². The van der Waals surface area contributed by atoms with E-state index in [4.69, 9.17) is 21.8 Å². The predicted molar refractivity (Wildman–Crippen MR) is 129 cm³/mol. The van der Waals surface area contributed by atoms with Crippen molar-refractivity contribution < 1.29 is 13.6 Å². The molecule has 34 heavy (non-hydrogen) atoms. The van der Waals surface area contributed by atoms with Crippen LogP contribution < -0.4 is 16.4 Å². The zero-order chi connectivity index (χ0) is 23.7. The number of carbonyl (C=O) groups is 1. The van der Waals surface area contributed by atoms with Gasteiger partial charge in [0.15, 0.2) is 5.58 Å². The maximum Gasteiger partial charge on any atom is 0.274 e. The zero-order valence-corrected chi connectivity index (χ0v) is 18.2. The lowest BCUT2D eigenvalue weighted by Crippen LogP contribution is -2.13. The van der Waals surface area contributed by atoms with Gasteiger partial charge in [-0.1, -0.05) is 11.6 Å². The number of furan rings is 1. The maximum atomic E-state index is 13.5. The molecule has 0 unspecified atom stereocenters. The molecular weight excluding hydrogens is 459 g/mol. The Hall–Kier alpha value is -4.50. The summed E-state index contributed by atoms with van der Waals surface area (Å²) in [7, 11) is 0. The first-order chi connectivity index (χ1) is 16.5. The highest BCUT2D eigenvalue weighted by Gasteiger charge is 2.19. The average molecular weight is 475 g/mol. The highest BCUT2D eigenvalue weighted by molar-refractivity contribution is 6.31. The third-order valence-electron chi connectivity index (χ3n) is 5.03. The fourth-order valence-corrected chi connectivity index (χ4v) is 3.61.